The summed E-state index contributed by atoms with van der Waals surface area (Å²) < 4.78 is 24.9. The van der Waals surface area contributed by atoms with Crippen LogP contribution in [0.15, 0.2) is 30.3 Å². The van der Waals surface area contributed by atoms with Crippen LogP contribution in [0.2, 0.25) is 0 Å². The van der Waals surface area contributed by atoms with Crippen molar-refractivity contribution < 1.29 is 13.2 Å². The summed E-state index contributed by atoms with van der Waals surface area (Å²) in [5.41, 5.74) is 1.14. The van der Waals surface area contributed by atoms with E-state index in [0.29, 0.717) is 32.0 Å². The lowest BCUT2D eigenvalue weighted by Gasteiger charge is -2.46. The van der Waals surface area contributed by atoms with Crippen LogP contribution >= 0.6 is 0 Å². The number of nitrogens with zero attached hydrogens (tertiary/aromatic N) is 2. The van der Waals surface area contributed by atoms with Crippen LogP contribution in [0.5, 0.6) is 0 Å². The second kappa shape index (κ2) is 6.49. The van der Waals surface area contributed by atoms with E-state index in [2.05, 4.69) is 12.2 Å². The third-order valence-corrected chi connectivity index (χ3v) is 6.56. The van der Waals surface area contributed by atoms with Gasteiger partial charge in [-0.1, -0.05) is 37.3 Å². The molecule has 2 aliphatic heterocycles. The molecule has 2 saturated heterocycles. The Morgan fingerprint density at radius 2 is 2.04 bits per heavy atom. The van der Waals surface area contributed by atoms with E-state index in [1.54, 1.807) is 0 Å². The summed E-state index contributed by atoms with van der Waals surface area (Å²) in [5, 5.41) is 2.85. The molecule has 126 valence electrons. The summed E-state index contributed by atoms with van der Waals surface area (Å²) in [6.07, 6.45) is 0.677. The van der Waals surface area contributed by atoms with E-state index in [-0.39, 0.29) is 17.8 Å². The Kier molecular flexibility index (Phi) is 4.59. The maximum absolute atomic E-state index is 12.3. The van der Waals surface area contributed by atoms with Gasteiger partial charge in [0.05, 0.1) is 11.8 Å². The number of carbonyl (C=O) groups is 1. The maximum atomic E-state index is 12.3. The van der Waals surface area contributed by atoms with Crippen molar-refractivity contribution >= 4 is 16.1 Å². The largest absolute Gasteiger partial charge is 0.337 e. The molecule has 23 heavy (non-hydrogen) atoms. The Morgan fingerprint density at radius 1 is 1.30 bits per heavy atom. The lowest BCUT2D eigenvalue weighted by atomic mass is 9.85. The minimum absolute atomic E-state index is 0.103. The molecular formula is C16H23N3O3S. The van der Waals surface area contributed by atoms with Crippen molar-refractivity contribution in [3.8, 4) is 0 Å². The van der Waals surface area contributed by atoms with Crippen LogP contribution in [0.4, 0.5) is 4.79 Å². The van der Waals surface area contributed by atoms with E-state index in [0.717, 1.165) is 12.1 Å². The number of benzene rings is 1. The highest BCUT2D eigenvalue weighted by atomic mass is 32.2. The van der Waals surface area contributed by atoms with Gasteiger partial charge in [-0.3, -0.25) is 0 Å². The molecule has 0 bridgehead atoms. The number of likely N-dealkylation sites (tertiary alicyclic amines) is 1. The molecule has 7 heteroatoms. The zero-order valence-electron chi connectivity index (χ0n) is 13.3. The average Bonchev–Trinajstić information content (AvgIpc) is 2.84. The highest BCUT2D eigenvalue weighted by molar-refractivity contribution is 7.89. The second-order valence-corrected chi connectivity index (χ2v) is 8.37. The Bertz CT molecular complexity index is 662. The third-order valence-electron chi connectivity index (χ3n) is 4.60. The number of rotatable bonds is 4. The first-order valence-corrected chi connectivity index (χ1v) is 9.67. The lowest BCUT2D eigenvalue weighted by molar-refractivity contribution is 0.0592. The van der Waals surface area contributed by atoms with Crippen LogP contribution in [0.1, 0.15) is 24.9 Å². The molecule has 0 unspecified atom stereocenters. The molecule has 0 radical (unpaired) electrons. The van der Waals surface area contributed by atoms with Gasteiger partial charge in [0.1, 0.15) is 0 Å². The minimum atomic E-state index is -3.09. The molecule has 2 aliphatic rings. The molecule has 2 heterocycles. The molecular weight excluding hydrogens is 314 g/mol. The maximum Gasteiger partial charge on any atom is 0.317 e. The minimum Gasteiger partial charge on any atom is -0.337 e. The highest BCUT2D eigenvalue weighted by Gasteiger charge is 2.39. The molecule has 2 atom stereocenters. The van der Waals surface area contributed by atoms with Crippen molar-refractivity contribution in [3.63, 3.8) is 0 Å². The van der Waals surface area contributed by atoms with Gasteiger partial charge in [-0.2, -0.15) is 0 Å². The smallest absolute Gasteiger partial charge is 0.317 e. The van der Waals surface area contributed by atoms with E-state index < -0.39 is 10.0 Å². The van der Waals surface area contributed by atoms with E-state index >= 15 is 0 Å². The zero-order chi connectivity index (χ0) is 16.4. The predicted molar refractivity (Wildman–Crippen MR) is 88.4 cm³/mol. The zero-order valence-corrected chi connectivity index (χ0v) is 14.1. The van der Waals surface area contributed by atoms with Gasteiger partial charge < -0.3 is 10.2 Å². The molecule has 2 amide bonds. The van der Waals surface area contributed by atoms with Gasteiger partial charge in [0.25, 0.3) is 0 Å². The summed E-state index contributed by atoms with van der Waals surface area (Å²) in [4.78, 5) is 14.2. The highest BCUT2D eigenvalue weighted by Crippen LogP contribution is 2.38. The molecule has 2 fully saturated rings. The molecule has 1 aromatic carbocycles. The number of carbonyl (C=O) groups excluding carboxylic acids is 1. The van der Waals surface area contributed by atoms with Crippen LogP contribution in [-0.2, 0) is 10.0 Å². The van der Waals surface area contributed by atoms with Gasteiger partial charge in [-0.25, -0.2) is 17.5 Å². The van der Waals surface area contributed by atoms with Gasteiger partial charge in [-0.15, -0.1) is 0 Å². The van der Waals surface area contributed by atoms with Crippen LogP contribution < -0.4 is 5.32 Å². The number of urea groups is 1. The van der Waals surface area contributed by atoms with Crippen LogP contribution in [0, 0.1) is 5.92 Å². The fourth-order valence-electron chi connectivity index (χ4n) is 3.39. The first-order valence-electron chi connectivity index (χ1n) is 8.06. The van der Waals surface area contributed by atoms with Crippen LogP contribution in [-0.4, -0.2) is 55.6 Å². The summed E-state index contributed by atoms with van der Waals surface area (Å²) in [5.74, 6) is 0.655. The van der Waals surface area contributed by atoms with Crippen molar-refractivity contribution in [2.45, 2.75) is 19.4 Å². The van der Waals surface area contributed by atoms with Gasteiger partial charge in [0.15, 0.2) is 0 Å². The molecule has 0 aliphatic carbocycles. The standard InChI is InChI=1S/C16H23N3O3S/c1-13-12-19(15(13)14-6-3-2-4-7-14)16(20)17-8-10-18-9-5-11-23(18,21)22/h2-4,6-7,13,15H,5,8-12H2,1H3,(H,17,20)/t13-,15+/m1/s1. The van der Waals surface area contributed by atoms with Gasteiger partial charge in [0.2, 0.25) is 10.0 Å². The molecule has 6 nitrogen and oxygen atoms in total. The van der Waals surface area contributed by atoms with Crippen molar-refractivity contribution in [2.24, 2.45) is 5.92 Å². The number of nitrogens with one attached hydrogen (secondary N) is 1. The molecule has 3 rings (SSSR count). The molecule has 1 N–H and O–H groups in total. The van der Waals surface area contributed by atoms with E-state index in [1.807, 2.05) is 35.2 Å². The molecule has 0 spiro atoms. The second-order valence-electron chi connectivity index (χ2n) is 6.29. The SMILES string of the molecule is C[C@@H]1CN(C(=O)NCCN2CCCS2(=O)=O)[C@@H]1c1ccccc1. The van der Waals surface area contributed by atoms with Gasteiger partial charge >= 0.3 is 6.03 Å². The van der Waals surface area contributed by atoms with E-state index in [1.165, 1.54) is 4.31 Å². The Balaban J connectivity index is 1.53. The summed E-state index contributed by atoms with van der Waals surface area (Å²) >= 11 is 0. The van der Waals surface area contributed by atoms with Gasteiger partial charge in [0, 0.05) is 26.2 Å². The topological polar surface area (TPSA) is 69.7 Å². The Labute approximate surface area is 137 Å². The summed E-state index contributed by atoms with van der Waals surface area (Å²) in [6.45, 7) is 4.13. The number of hydrogen-bond donors (Lipinski definition) is 1. The van der Waals surface area contributed by atoms with Crippen molar-refractivity contribution in [2.75, 3.05) is 31.9 Å². The van der Waals surface area contributed by atoms with Crippen LogP contribution in [0.25, 0.3) is 0 Å². The predicted octanol–water partition coefficient (Wildman–Crippen LogP) is 1.42. The number of sulfonamides is 1. The quantitative estimate of drug-likeness (QED) is 0.903. The number of amides is 2. The third kappa shape index (κ3) is 3.35. The lowest BCUT2D eigenvalue weighted by Crippen LogP contribution is -2.55. The molecule has 0 aromatic heterocycles. The van der Waals surface area contributed by atoms with E-state index in [4.69, 9.17) is 0 Å². The fourth-order valence-corrected chi connectivity index (χ4v) is 4.92. The van der Waals surface area contributed by atoms with Crippen molar-refractivity contribution in [1.29, 1.82) is 0 Å². The van der Waals surface area contributed by atoms with Gasteiger partial charge in [-0.05, 0) is 17.9 Å². The fraction of sp³-hybridized carbons (Fsp3) is 0.562. The average molecular weight is 337 g/mol. The van der Waals surface area contributed by atoms with Crippen molar-refractivity contribution in [1.82, 2.24) is 14.5 Å². The monoisotopic (exact) mass is 337 g/mol. The van der Waals surface area contributed by atoms with Crippen LogP contribution in [0.3, 0.4) is 0 Å². The Hall–Kier alpha value is -1.60. The summed E-state index contributed by atoms with van der Waals surface area (Å²) in [6, 6.07) is 9.99. The first-order chi connectivity index (χ1) is 11.0. The molecule has 1 aromatic rings. The first kappa shape index (κ1) is 16.3. The van der Waals surface area contributed by atoms with Crippen molar-refractivity contribution in [3.05, 3.63) is 35.9 Å². The molecule has 0 saturated carbocycles. The number of hydrogen-bond acceptors (Lipinski definition) is 3. The van der Waals surface area contributed by atoms with E-state index in [9.17, 15) is 13.2 Å². The summed E-state index contributed by atoms with van der Waals surface area (Å²) in [7, 11) is -3.09. The Morgan fingerprint density at radius 3 is 2.65 bits per heavy atom. The normalized spacial score (nSPS) is 26.7.